The van der Waals surface area contributed by atoms with E-state index in [1.165, 1.54) is 10.7 Å². The van der Waals surface area contributed by atoms with Gasteiger partial charge in [0.2, 0.25) is 10.0 Å². The Morgan fingerprint density at radius 2 is 1.81 bits per heavy atom. The highest BCUT2D eigenvalue weighted by Crippen LogP contribution is 2.26. The first kappa shape index (κ1) is 19.7. The second-order valence-electron chi connectivity index (χ2n) is 6.94. The third kappa shape index (κ3) is 4.60. The number of benzene rings is 1. The summed E-state index contributed by atoms with van der Waals surface area (Å²) in [6.45, 7) is 3.85. The Bertz CT molecular complexity index is 702. The van der Waals surface area contributed by atoms with E-state index in [4.69, 9.17) is 4.74 Å². The molecule has 0 saturated carbocycles. The number of ether oxygens (including phenoxy) is 1. The molecule has 0 amide bonds. The molecule has 0 bridgehead atoms. The van der Waals surface area contributed by atoms with Gasteiger partial charge in [-0.25, -0.2) is 17.2 Å². The average molecular weight is 388 g/mol. The number of hydrogen-bond donors (Lipinski definition) is 0. The van der Waals surface area contributed by atoms with Crippen LogP contribution in [0.3, 0.4) is 0 Å². The lowest BCUT2D eigenvalue weighted by Crippen LogP contribution is -2.47. The number of rotatable bonds is 6. The molecule has 0 unspecified atom stereocenters. The van der Waals surface area contributed by atoms with Crippen LogP contribution in [0, 0.1) is 11.6 Å². The molecular formula is C18H26F2N2O3S. The second kappa shape index (κ2) is 8.73. The van der Waals surface area contributed by atoms with Crippen LogP contribution in [0.4, 0.5) is 8.78 Å². The van der Waals surface area contributed by atoms with Crippen LogP contribution >= 0.6 is 0 Å². The van der Waals surface area contributed by atoms with Crippen LogP contribution in [0.2, 0.25) is 0 Å². The summed E-state index contributed by atoms with van der Waals surface area (Å²) < 4.78 is 60.4. The van der Waals surface area contributed by atoms with Crippen molar-refractivity contribution in [3.8, 4) is 0 Å². The van der Waals surface area contributed by atoms with Crippen LogP contribution in [0.5, 0.6) is 0 Å². The highest BCUT2D eigenvalue weighted by atomic mass is 32.2. The van der Waals surface area contributed by atoms with E-state index in [-0.39, 0.29) is 6.04 Å². The molecule has 2 aliphatic heterocycles. The molecule has 0 aromatic heterocycles. The van der Waals surface area contributed by atoms with Crippen LogP contribution in [0.25, 0.3) is 0 Å². The van der Waals surface area contributed by atoms with Crippen LogP contribution in [-0.2, 0) is 14.8 Å². The number of likely N-dealkylation sites (tertiary alicyclic amines) is 1. The van der Waals surface area contributed by atoms with Crippen molar-refractivity contribution < 1.29 is 21.9 Å². The molecule has 0 radical (unpaired) electrons. The third-order valence-electron chi connectivity index (χ3n) is 5.16. The van der Waals surface area contributed by atoms with Crippen LogP contribution < -0.4 is 0 Å². The van der Waals surface area contributed by atoms with E-state index in [0.29, 0.717) is 45.2 Å². The fourth-order valence-corrected chi connectivity index (χ4v) is 5.43. The first-order valence-electron chi connectivity index (χ1n) is 9.25. The van der Waals surface area contributed by atoms with Crippen molar-refractivity contribution in [3.05, 3.63) is 29.8 Å². The molecule has 1 aromatic rings. The van der Waals surface area contributed by atoms with Gasteiger partial charge < -0.3 is 9.64 Å². The number of sulfonamides is 1. The van der Waals surface area contributed by atoms with E-state index in [1.807, 2.05) is 0 Å². The van der Waals surface area contributed by atoms with Crippen molar-refractivity contribution >= 4 is 10.0 Å². The van der Waals surface area contributed by atoms with Crippen molar-refractivity contribution in [1.82, 2.24) is 9.21 Å². The zero-order valence-corrected chi connectivity index (χ0v) is 15.7. The highest BCUT2D eigenvalue weighted by molar-refractivity contribution is 7.89. The normalized spacial score (nSPS) is 20.6. The minimum atomic E-state index is -4.04. The SMILES string of the molecule is O=S(=O)(c1ccc(F)cc1F)N(CCN1CCCCC1)C1CCOCC1. The second-order valence-corrected chi connectivity index (χ2v) is 8.80. The van der Waals surface area contributed by atoms with Crippen molar-refractivity contribution in [2.75, 3.05) is 39.4 Å². The maximum absolute atomic E-state index is 14.2. The number of hydrogen-bond acceptors (Lipinski definition) is 4. The van der Waals surface area contributed by atoms with Gasteiger partial charge in [-0.1, -0.05) is 6.42 Å². The summed E-state index contributed by atoms with van der Waals surface area (Å²) in [4.78, 5) is 1.80. The van der Waals surface area contributed by atoms with Gasteiger partial charge in [0.25, 0.3) is 0 Å². The lowest BCUT2D eigenvalue weighted by Gasteiger charge is -2.35. The third-order valence-corrected chi connectivity index (χ3v) is 7.15. The van der Waals surface area contributed by atoms with Gasteiger partial charge in [0, 0.05) is 38.4 Å². The van der Waals surface area contributed by atoms with Crippen LogP contribution in [-0.4, -0.2) is 63.1 Å². The van der Waals surface area contributed by atoms with Gasteiger partial charge in [0.1, 0.15) is 16.5 Å². The molecule has 0 aliphatic carbocycles. The lowest BCUT2D eigenvalue weighted by atomic mass is 10.1. The Morgan fingerprint density at radius 1 is 1.12 bits per heavy atom. The molecule has 0 atom stereocenters. The van der Waals surface area contributed by atoms with Gasteiger partial charge in [-0.3, -0.25) is 0 Å². The first-order chi connectivity index (χ1) is 12.5. The molecule has 0 N–H and O–H groups in total. The molecule has 146 valence electrons. The summed E-state index contributed by atoms with van der Waals surface area (Å²) >= 11 is 0. The molecule has 26 heavy (non-hydrogen) atoms. The molecule has 5 nitrogen and oxygen atoms in total. The van der Waals surface area contributed by atoms with E-state index in [9.17, 15) is 17.2 Å². The average Bonchev–Trinajstić information content (AvgIpc) is 2.63. The van der Waals surface area contributed by atoms with Gasteiger partial charge in [0.05, 0.1) is 0 Å². The fourth-order valence-electron chi connectivity index (χ4n) is 3.71. The standard InChI is InChI=1S/C18H26F2N2O3S/c19-15-4-5-18(17(20)14-15)26(23,24)22(16-6-12-25-13-7-16)11-10-21-8-2-1-3-9-21/h4-5,14,16H,1-3,6-13H2. The van der Waals surface area contributed by atoms with Crippen LogP contribution in [0.1, 0.15) is 32.1 Å². The van der Waals surface area contributed by atoms with Gasteiger partial charge in [-0.15, -0.1) is 0 Å². The summed E-state index contributed by atoms with van der Waals surface area (Å²) in [5, 5.41) is 0. The van der Waals surface area contributed by atoms with E-state index in [0.717, 1.165) is 38.1 Å². The molecule has 2 fully saturated rings. The van der Waals surface area contributed by atoms with Crippen molar-refractivity contribution in [2.24, 2.45) is 0 Å². The number of halogens is 2. The van der Waals surface area contributed by atoms with Gasteiger partial charge >= 0.3 is 0 Å². The molecule has 2 aliphatic rings. The van der Waals surface area contributed by atoms with Gasteiger partial charge in [-0.2, -0.15) is 4.31 Å². The van der Waals surface area contributed by atoms with Crippen molar-refractivity contribution in [1.29, 1.82) is 0 Å². The van der Waals surface area contributed by atoms with Crippen molar-refractivity contribution in [3.63, 3.8) is 0 Å². The quantitative estimate of drug-likeness (QED) is 0.752. The minimum Gasteiger partial charge on any atom is -0.381 e. The summed E-state index contributed by atoms with van der Waals surface area (Å²) in [7, 11) is -4.04. The highest BCUT2D eigenvalue weighted by Gasteiger charge is 2.34. The molecule has 1 aromatic carbocycles. The summed E-state index contributed by atoms with van der Waals surface area (Å²) in [5.74, 6) is -1.83. The van der Waals surface area contributed by atoms with Gasteiger partial charge in [0.15, 0.2) is 0 Å². The Kier molecular flexibility index (Phi) is 6.60. The number of piperidine rings is 1. The van der Waals surface area contributed by atoms with E-state index in [2.05, 4.69) is 4.90 Å². The van der Waals surface area contributed by atoms with Gasteiger partial charge in [-0.05, 0) is 50.9 Å². The smallest absolute Gasteiger partial charge is 0.246 e. The maximum Gasteiger partial charge on any atom is 0.246 e. The van der Waals surface area contributed by atoms with Crippen molar-refractivity contribution in [2.45, 2.75) is 43.0 Å². The topological polar surface area (TPSA) is 49.9 Å². The molecular weight excluding hydrogens is 362 g/mol. The fraction of sp³-hybridized carbons (Fsp3) is 0.667. The predicted molar refractivity (Wildman–Crippen MR) is 94.4 cm³/mol. The number of nitrogens with zero attached hydrogens (tertiary/aromatic N) is 2. The zero-order valence-electron chi connectivity index (χ0n) is 14.9. The largest absolute Gasteiger partial charge is 0.381 e. The van der Waals surface area contributed by atoms with Crippen LogP contribution in [0.15, 0.2) is 23.1 Å². The summed E-state index contributed by atoms with van der Waals surface area (Å²) in [6, 6.07) is 2.42. The molecule has 2 heterocycles. The van der Waals surface area contributed by atoms with E-state index < -0.39 is 26.6 Å². The monoisotopic (exact) mass is 388 g/mol. The Labute approximate surface area is 154 Å². The Hall–Kier alpha value is -1.09. The predicted octanol–water partition coefficient (Wildman–Crippen LogP) is 2.62. The Balaban J connectivity index is 1.82. The first-order valence-corrected chi connectivity index (χ1v) is 10.7. The summed E-state index contributed by atoms with van der Waals surface area (Å²) in [5.41, 5.74) is 0. The maximum atomic E-state index is 14.2. The lowest BCUT2D eigenvalue weighted by molar-refractivity contribution is 0.0557. The Morgan fingerprint density at radius 3 is 2.46 bits per heavy atom. The molecule has 2 saturated heterocycles. The molecule has 3 rings (SSSR count). The van der Waals surface area contributed by atoms with E-state index >= 15 is 0 Å². The summed E-state index contributed by atoms with van der Waals surface area (Å²) in [6.07, 6.45) is 4.62. The van der Waals surface area contributed by atoms with E-state index in [1.54, 1.807) is 0 Å². The molecule has 0 spiro atoms. The molecule has 8 heteroatoms. The minimum absolute atomic E-state index is 0.219. The zero-order chi connectivity index (χ0) is 18.6.